The number of methoxy groups -OCH3 is 1. The van der Waals surface area contributed by atoms with Crippen molar-refractivity contribution in [2.45, 2.75) is 23.5 Å². The Labute approximate surface area is 186 Å². The van der Waals surface area contributed by atoms with E-state index in [1.165, 1.54) is 43.5 Å². The molecule has 0 unspecified atom stereocenters. The van der Waals surface area contributed by atoms with Gasteiger partial charge in [-0.25, -0.2) is 8.42 Å². The summed E-state index contributed by atoms with van der Waals surface area (Å²) in [4.78, 5) is 26.2. The number of halogens is 1. The third-order valence-corrected chi connectivity index (χ3v) is 7.22. The summed E-state index contributed by atoms with van der Waals surface area (Å²) in [7, 11) is -2.68. The van der Waals surface area contributed by atoms with Gasteiger partial charge in [-0.2, -0.15) is 0 Å². The van der Waals surface area contributed by atoms with Crippen molar-refractivity contribution >= 4 is 33.0 Å². The molecule has 5 nitrogen and oxygen atoms in total. The molecule has 3 aromatic carbocycles. The standard InChI is InChI=1S/C24H21ClO5S/c1-16-6-12-21(13-7-16)31(28,29)23(15-22(26)17-8-10-19(25)11-9-17)24(27)18-4-3-5-20(14-18)30-2/h3-14,23H,15H2,1-2H3/t23-/m0/s1. The van der Waals surface area contributed by atoms with Gasteiger partial charge in [0.15, 0.2) is 21.4 Å². The number of Topliss-reactive ketones (excluding diaryl/α,β-unsaturated/α-hetero) is 2. The largest absolute Gasteiger partial charge is 0.497 e. The Morgan fingerprint density at radius 2 is 1.58 bits per heavy atom. The number of aryl methyl sites for hydroxylation is 1. The second kappa shape index (κ2) is 9.45. The number of rotatable bonds is 8. The minimum absolute atomic E-state index is 0.0109. The van der Waals surface area contributed by atoms with E-state index in [-0.39, 0.29) is 16.0 Å². The maximum absolute atomic E-state index is 13.4. The van der Waals surface area contributed by atoms with Gasteiger partial charge in [-0.3, -0.25) is 9.59 Å². The maximum Gasteiger partial charge on any atom is 0.189 e. The van der Waals surface area contributed by atoms with Gasteiger partial charge in [0.1, 0.15) is 11.0 Å². The molecule has 0 aromatic heterocycles. The minimum Gasteiger partial charge on any atom is -0.497 e. The van der Waals surface area contributed by atoms with Crippen molar-refractivity contribution in [3.8, 4) is 5.75 Å². The summed E-state index contributed by atoms with van der Waals surface area (Å²) in [6, 6.07) is 18.5. The van der Waals surface area contributed by atoms with Gasteiger partial charge in [-0.15, -0.1) is 0 Å². The highest BCUT2D eigenvalue weighted by molar-refractivity contribution is 7.92. The summed E-state index contributed by atoms with van der Waals surface area (Å²) >= 11 is 5.87. The summed E-state index contributed by atoms with van der Waals surface area (Å²) in [5, 5.41) is -1.13. The van der Waals surface area contributed by atoms with Crippen LogP contribution in [0.5, 0.6) is 5.75 Å². The summed E-state index contributed by atoms with van der Waals surface area (Å²) < 4.78 is 32.0. The van der Waals surface area contributed by atoms with Gasteiger partial charge in [0, 0.05) is 22.6 Å². The monoisotopic (exact) mass is 456 g/mol. The lowest BCUT2D eigenvalue weighted by atomic mass is 10.0. The van der Waals surface area contributed by atoms with Gasteiger partial charge in [-0.1, -0.05) is 41.4 Å². The molecule has 0 bridgehead atoms. The van der Waals surface area contributed by atoms with E-state index in [0.717, 1.165) is 5.56 Å². The molecule has 0 spiro atoms. The summed E-state index contributed by atoms with van der Waals surface area (Å²) in [5.41, 5.74) is 1.32. The van der Waals surface area contributed by atoms with Crippen LogP contribution in [0.2, 0.25) is 5.02 Å². The molecular weight excluding hydrogens is 436 g/mol. The molecule has 7 heteroatoms. The quantitative estimate of drug-likeness (QED) is 0.448. The number of benzene rings is 3. The molecule has 160 valence electrons. The van der Waals surface area contributed by atoms with E-state index < -0.39 is 33.1 Å². The Morgan fingerprint density at radius 3 is 2.19 bits per heavy atom. The van der Waals surface area contributed by atoms with Crippen LogP contribution in [-0.2, 0) is 9.84 Å². The van der Waals surface area contributed by atoms with Gasteiger partial charge in [-0.05, 0) is 55.5 Å². The van der Waals surface area contributed by atoms with Crippen LogP contribution in [0.15, 0.2) is 77.7 Å². The first-order valence-electron chi connectivity index (χ1n) is 9.50. The molecule has 0 amide bonds. The van der Waals surface area contributed by atoms with Gasteiger partial charge in [0.05, 0.1) is 12.0 Å². The van der Waals surface area contributed by atoms with E-state index in [0.29, 0.717) is 10.8 Å². The lowest BCUT2D eigenvalue weighted by molar-refractivity contribution is 0.0920. The SMILES string of the molecule is COc1cccc(C(=O)[C@H](CC(=O)c2ccc(Cl)cc2)S(=O)(=O)c2ccc(C)cc2)c1. The average Bonchev–Trinajstić information content (AvgIpc) is 2.77. The fourth-order valence-corrected chi connectivity index (χ4v) is 4.88. The fourth-order valence-electron chi connectivity index (χ4n) is 3.12. The molecule has 31 heavy (non-hydrogen) atoms. The molecule has 0 saturated carbocycles. The zero-order valence-corrected chi connectivity index (χ0v) is 18.6. The highest BCUT2D eigenvalue weighted by Crippen LogP contribution is 2.26. The number of hydrogen-bond acceptors (Lipinski definition) is 5. The third-order valence-electron chi connectivity index (χ3n) is 4.91. The number of hydrogen-bond donors (Lipinski definition) is 0. The predicted molar refractivity (Wildman–Crippen MR) is 120 cm³/mol. The molecule has 0 heterocycles. The molecule has 0 aliphatic heterocycles. The van der Waals surface area contributed by atoms with Crippen molar-refractivity contribution in [1.82, 2.24) is 0 Å². The molecule has 0 saturated heterocycles. The summed E-state index contributed by atoms with van der Waals surface area (Å²) in [5.74, 6) is -0.711. The van der Waals surface area contributed by atoms with Crippen LogP contribution in [0.4, 0.5) is 0 Å². The molecule has 0 radical (unpaired) electrons. The third kappa shape index (κ3) is 5.21. The van der Waals surface area contributed by atoms with Gasteiger partial charge >= 0.3 is 0 Å². The zero-order chi connectivity index (χ0) is 22.6. The van der Waals surface area contributed by atoms with Crippen molar-refractivity contribution in [3.63, 3.8) is 0 Å². The summed E-state index contributed by atoms with van der Waals surface area (Å²) in [6.45, 7) is 1.83. The first-order chi connectivity index (χ1) is 14.7. The van der Waals surface area contributed by atoms with Crippen LogP contribution in [0.3, 0.4) is 0 Å². The first-order valence-corrected chi connectivity index (χ1v) is 11.4. The van der Waals surface area contributed by atoms with E-state index in [2.05, 4.69) is 0 Å². The predicted octanol–water partition coefficient (Wildman–Crippen LogP) is 4.96. The van der Waals surface area contributed by atoms with E-state index in [1.54, 1.807) is 36.4 Å². The van der Waals surface area contributed by atoms with Crippen molar-refractivity contribution in [1.29, 1.82) is 0 Å². The smallest absolute Gasteiger partial charge is 0.189 e. The van der Waals surface area contributed by atoms with Crippen LogP contribution in [0.1, 0.15) is 32.7 Å². The topological polar surface area (TPSA) is 77.5 Å². The lowest BCUT2D eigenvalue weighted by Crippen LogP contribution is -2.33. The second-order valence-corrected chi connectivity index (χ2v) is 9.64. The van der Waals surface area contributed by atoms with Crippen molar-refractivity contribution in [2.24, 2.45) is 0 Å². The molecule has 0 fully saturated rings. The van der Waals surface area contributed by atoms with Crippen LogP contribution in [0, 0.1) is 6.92 Å². The minimum atomic E-state index is -4.13. The van der Waals surface area contributed by atoms with Gasteiger partial charge in [0.2, 0.25) is 0 Å². The highest BCUT2D eigenvalue weighted by atomic mass is 35.5. The number of ketones is 2. The number of carbonyl (C=O) groups excluding carboxylic acids is 2. The molecule has 3 aromatic rings. The number of sulfone groups is 1. The summed E-state index contributed by atoms with van der Waals surface area (Å²) in [6.07, 6.45) is -0.492. The van der Waals surface area contributed by atoms with Gasteiger partial charge in [0.25, 0.3) is 0 Å². The second-order valence-electron chi connectivity index (χ2n) is 7.08. The Bertz CT molecular complexity index is 1200. The Balaban J connectivity index is 2.04. The molecular formula is C24H21ClO5S. The maximum atomic E-state index is 13.4. The Kier molecular flexibility index (Phi) is 6.93. The Morgan fingerprint density at radius 1 is 0.935 bits per heavy atom. The van der Waals surface area contributed by atoms with Crippen LogP contribution in [-0.4, -0.2) is 32.3 Å². The van der Waals surface area contributed by atoms with E-state index in [1.807, 2.05) is 6.92 Å². The average molecular weight is 457 g/mol. The van der Waals surface area contributed by atoms with Gasteiger partial charge < -0.3 is 4.74 Å². The van der Waals surface area contributed by atoms with Crippen molar-refractivity contribution < 1.29 is 22.7 Å². The first kappa shape index (κ1) is 22.7. The fraction of sp³-hybridized carbons (Fsp3) is 0.167. The molecule has 3 rings (SSSR count). The normalized spacial score (nSPS) is 12.2. The highest BCUT2D eigenvalue weighted by Gasteiger charge is 2.36. The van der Waals surface area contributed by atoms with E-state index >= 15 is 0 Å². The molecule has 1 atom stereocenters. The molecule has 0 aliphatic carbocycles. The van der Waals surface area contributed by atoms with Crippen LogP contribution < -0.4 is 4.74 Å². The molecule has 0 aliphatic rings. The number of carbonyl (C=O) groups is 2. The lowest BCUT2D eigenvalue weighted by Gasteiger charge is -2.17. The number of ether oxygens (including phenoxy) is 1. The van der Waals surface area contributed by atoms with E-state index in [9.17, 15) is 18.0 Å². The van der Waals surface area contributed by atoms with Crippen LogP contribution in [0.25, 0.3) is 0 Å². The van der Waals surface area contributed by atoms with Crippen molar-refractivity contribution in [3.05, 3.63) is 94.5 Å². The zero-order valence-electron chi connectivity index (χ0n) is 17.0. The van der Waals surface area contributed by atoms with Crippen LogP contribution >= 0.6 is 11.6 Å². The van der Waals surface area contributed by atoms with Crippen molar-refractivity contribution in [2.75, 3.05) is 7.11 Å². The molecule has 0 N–H and O–H groups in total. The Hall–Kier alpha value is -2.96. The van der Waals surface area contributed by atoms with E-state index in [4.69, 9.17) is 16.3 Å².